The van der Waals surface area contributed by atoms with Gasteiger partial charge in [-0.05, 0) is 18.2 Å². The SMILES string of the molecule is NC[C@H]1CN(c2cccc(N3CCOCC3)c2)C(=O)O1. The third-order valence-electron chi connectivity index (χ3n) is 3.65. The number of morpholine rings is 1. The molecule has 6 heteroatoms. The van der Waals surface area contributed by atoms with Crippen molar-refractivity contribution in [1.82, 2.24) is 0 Å². The smallest absolute Gasteiger partial charge is 0.414 e. The maximum Gasteiger partial charge on any atom is 0.414 e. The quantitative estimate of drug-likeness (QED) is 0.885. The van der Waals surface area contributed by atoms with Crippen LogP contribution in [0.3, 0.4) is 0 Å². The molecule has 1 amide bonds. The normalized spacial score (nSPS) is 23.1. The van der Waals surface area contributed by atoms with Crippen LogP contribution in [-0.2, 0) is 9.47 Å². The molecule has 0 radical (unpaired) electrons. The van der Waals surface area contributed by atoms with Gasteiger partial charge < -0.3 is 20.1 Å². The molecule has 1 atom stereocenters. The molecule has 108 valence electrons. The molecule has 2 N–H and O–H groups in total. The molecule has 0 aliphatic carbocycles. The summed E-state index contributed by atoms with van der Waals surface area (Å²) >= 11 is 0. The van der Waals surface area contributed by atoms with Crippen molar-refractivity contribution in [1.29, 1.82) is 0 Å². The molecular weight excluding hydrogens is 258 g/mol. The van der Waals surface area contributed by atoms with Gasteiger partial charge in [0.25, 0.3) is 0 Å². The van der Waals surface area contributed by atoms with Crippen LogP contribution in [0.15, 0.2) is 24.3 Å². The van der Waals surface area contributed by atoms with Gasteiger partial charge in [0, 0.05) is 31.0 Å². The molecule has 20 heavy (non-hydrogen) atoms. The van der Waals surface area contributed by atoms with Gasteiger partial charge >= 0.3 is 6.09 Å². The lowest BCUT2D eigenvalue weighted by Gasteiger charge is -2.29. The molecule has 1 aromatic rings. The molecule has 0 spiro atoms. The van der Waals surface area contributed by atoms with E-state index in [0.29, 0.717) is 13.1 Å². The molecule has 0 aromatic heterocycles. The number of carbonyl (C=O) groups excluding carboxylic acids is 1. The number of amides is 1. The van der Waals surface area contributed by atoms with E-state index in [1.54, 1.807) is 4.90 Å². The highest BCUT2D eigenvalue weighted by atomic mass is 16.6. The van der Waals surface area contributed by atoms with E-state index in [1.165, 1.54) is 0 Å². The van der Waals surface area contributed by atoms with Crippen molar-refractivity contribution in [3.8, 4) is 0 Å². The minimum absolute atomic E-state index is 0.213. The first-order valence-electron chi connectivity index (χ1n) is 6.89. The topological polar surface area (TPSA) is 68.0 Å². The molecule has 0 bridgehead atoms. The molecule has 0 saturated carbocycles. The molecule has 2 aliphatic rings. The first-order chi connectivity index (χ1) is 9.78. The number of rotatable bonds is 3. The number of hydrogen-bond acceptors (Lipinski definition) is 5. The van der Waals surface area contributed by atoms with E-state index in [2.05, 4.69) is 11.0 Å². The minimum Gasteiger partial charge on any atom is -0.443 e. The van der Waals surface area contributed by atoms with Crippen molar-refractivity contribution < 1.29 is 14.3 Å². The van der Waals surface area contributed by atoms with E-state index in [1.807, 2.05) is 18.2 Å². The fourth-order valence-corrected chi connectivity index (χ4v) is 2.53. The Bertz CT molecular complexity index is 488. The van der Waals surface area contributed by atoms with Crippen LogP contribution in [0.4, 0.5) is 16.2 Å². The number of benzene rings is 1. The van der Waals surface area contributed by atoms with Gasteiger partial charge in [-0.15, -0.1) is 0 Å². The molecule has 2 saturated heterocycles. The summed E-state index contributed by atoms with van der Waals surface area (Å²) in [5.74, 6) is 0. The van der Waals surface area contributed by atoms with Crippen LogP contribution in [0.1, 0.15) is 0 Å². The van der Waals surface area contributed by atoms with Crippen LogP contribution in [0.5, 0.6) is 0 Å². The Balaban J connectivity index is 1.78. The standard InChI is InChI=1S/C14H19N3O3/c15-9-13-10-17(14(18)20-13)12-3-1-2-11(8-12)16-4-6-19-7-5-16/h1-3,8,13H,4-7,9-10,15H2/t13-/m0/s1. The van der Waals surface area contributed by atoms with Gasteiger partial charge in [0.2, 0.25) is 0 Å². The fourth-order valence-electron chi connectivity index (χ4n) is 2.53. The van der Waals surface area contributed by atoms with E-state index in [9.17, 15) is 4.79 Å². The van der Waals surface area contributed by atoms with Crippen LogP contribution >= 0.6 is 0 Å². The summed E-state index contributed by atoms with van der Waals surface area (Å²) in [4.78, 5) is 15.7. The number of cyclic esters (lactones) is 1. The largest absolute Gasteiger partial charge is 0.443 e. The Morgan fingerprint density at radius 2 is 2.00 bits per heavy atom. The highest BCUT2D eigenvalue weighted by Gasteiger charge is 2.31. The maximum atomic E-state index is 11.8. The van der Waals surface area contributed by atoms with Gasteiger partial charge in [0.15, 0.2) is 0 Å². The van der Waals surface area contributed by atoms with Crippen LogP contribution in [0, 0.1) is 0 Å². The monoisotopic (exact) mass is 277 g/mol. The first-order valence-corrected chi connectivity index (χ1v) is 6.89. The summed E-state index contributed by atoms with van der Waals surface area (Å²) in [5, 5.41) is 0. The summed E-state index contributed by atoms with van der Waals surface area (Å²) in [6.07, 6.45) is -0.533. The lowest BCUT2D eigenvalue weighted by molar-refractivity contribution is 0.122. The van der Waals surface area contributed by atoms with Gasteiger partial charge in [-0.1, -0.05) is 6.07 Å². The van der Waals surface area contributed by atoms with Crippen molar-refractivity contribution in [3.63, 3.8) is 0 Å². The second kappa shape index (κ2) is 5.68. The van der Waals surface area contributed by atoms with Crippen LogP contribution in [0.2, 0.25) is 0 Å². The van der Waals surface area contributed by atoms with Crippen molar-refractivity contribution in [2.45, 2.75) is 6.10 Å². The summed E-state index contributed by atoms with van der Waals surface area (Å²) in [6, 6.07) is 7.95. The average molecular weight is 277 g/mol. The number of nitrogens with zero attached hydrogens (tertiary/aromatic N) is 2. The summed E-state index contributed by atoms with van der Waals surface area (Å²) in [5.41, 5.74) is 7.52. The molecule has 1 aromatic carbocycles. The third-order valence-corrected chi connectivity index (χ3v) is 3.65. The van der Waals surface area contributed by atoms with E-state index in [0.717, 1.165) is 37.7 Å². The molecule has 0 unspecified atom stereocenters. The molecule has 2 aliphatic heterocycles. The number of nitrogens with two attached hydrogens (primary N) is 1. The van der Waals surface area contributed by atoms with Crippen molar-refractivity contribution in [2.24, 2.45) is 5.73 Å². The lowest BCUT2D eigenvalue weighted by Crippen LogP contribution is -2.36. The second-order valence-electron chi connectivity index (χ2n) is 4.97. The Kier molecular flexibility index (Phi) is 3.75. The van der Waals surface area contributed by atoms with E-state index >= 15 is 0 Å². The van der Waals surface area contributed by atoms with Gasteiger partial charge in [0.05, 0.1) is 19.8 Å². The highest BCUT2D eigenvalue weighted by molar-refractivity contribution is 5.90. The predicted molar refractivity (Wildman–Crippen MR) is 76.1 cm³/mol. The average Bonchev–Trinajstić information content (AvgIpc) is 2.89. The summed E-state index contributed by atoms with van der Waals surface area (Å²) in [7, 11) is 0. The van der Waals surface area contributed by atoms with Crippen LogP contribution < -0.4 is 15.5 Å². The fraction of sp³-hybridized carbons (Fsp3) is 0.500. The van der Waals surface area contributed by atoms with E-state index in [-0.39, 0.29) is 12.2 Å². The molecule has 2 fully saturated rings. The molecule has 2 heterocycles. The molecular formula is C14H19N3O3. The number of carbonyl (C=O) groups is 1. The van der Waals surface area contributed by atoms with Gasteiger partial charge in [-0.3, -0.25) is 4.90 Å². The zero-order chi connectivity index (χ0) is 13.9. The first kappa shape index (κ1) is 13.2. The Morgan fingerprint density at radius 3 is 2.70 bits per heavy atom. The highest BCUT2D eigenvalue weighted by Crippen LogP contribution is 2.26. The van der Waals surface area contributed by atoms with Crippen molar-refractivity contribution >= 4 is 17.5 Å². The second-order valence-corrected chi connectivity index (χ2v) is 4.97. The Hall–Kier alpha value is -1.79. The number of anilines is 2. The third kappa shape index (κ3) is 2.57. The van der Waals surface area contributed by atoms with Crippen molar-refractivity contribution in [3.05, 3.63) is 24.3 Å². The zero-order valence-corrected chi connectivity index (χ0v) is 11.3. The molecule has 6 nitrogen and oxygen atoms in total. The number of hydrogen-bond donors (Lipinski definition) is 1. The Labute approximate surface area is 118 Å². The van der Waals surface area contributed by atoms with Crippen molar-refractivity contribution in [2.75, 3.05) is 49.2 Å². The van der Waals surface area contributed by atoms with E-state index in [4.69, 9.17) is 15.2 Å². The minimum atomic E-state index is -0.320. The van der Waals surface area contributed by atoms with Gasteiger partial charge in [-0.25, -0.2) is 4.79 Å². The van der Waals surface area contributed by atoms with E-state index < -0.39 is 0 Å². The maximum absolute atomic E-state index is 11.8. The zero-order valence-electron chi connectivity index (χ0n) is 11.3. The molecule has 3 rings (SSSR count). The predicted octanol–water partition coefficient (Wildman–Crippen LogP) is 0.807. The summed E-state index contributed by atoms with van der Waals surface area (Å²) in [6.45, 7) is 4.10. The van der Waals surface area contributed by atoms with Gasteiger partial charge in [0.1, 0.15) is 6.10 Å². The van der Waals surface area contributed by atoms with Crippen LogP contribution in [-0.4, -0.2) is 51.6 Å². The lowest BCUT2D eigenvalue weighted by atomic mass is 10.2. The summed E-state index contributed by atoms with van der Waals surface area (Å²) < 4.78 is 10.5. The Morgan fingerprint density at radius 1 is 1.25 bits per heavy atom. The van der Waals surface area contributed by atoms with Gasteiger partial charge in [-0.2, -0.15) is 0 Å². The number of ether oxygens (including phenoxy) is 2. The van der Waals surface area contributed by atoms with Crippen LogP contribution in [0.25, 0.3) is 0 Å².